The molecule has 1 aromatic heterocycles. The Kier molecular flexibility index (Phi) is 7.01. The van der Waals surface area contributed by atoms with Crippen LogP contribution in [0, 0.1) is 0 Å². The Bertz CT molecular complexity index is 768. The summed E-state index contributed by atoms with van der Waals surface area (Å²) in [6.45, 7) is 0.290. The number of urea groups is 1. The molecule has 2 rings (SSSR count). The number of aromatic nitrogens is 1. The van der Waals surface area contributed by atoms with Gasteiger partial charge in [0, 0.05) is 19.0 Å². The SMILES string of the molecule is CNC(=O)C(NC)c1csc(NC(=O)NCc2ccc(Cl)c(Cl)c2)n1. The van der Waals surface area contributed by atoms with E-state index in [4.69, 9.17) is 23.2 Å². The molecule has 1 aromatic carbocycles. The number of hydrogen-bond acceptors (Lipinski definition) is 5. The number of rotatable bonds is 6. The van der Waals surface area contributed by atoms with Crippen LogP contribution in [0.5, 0.6) is 0 Å². The Morgan fingerprint density at radius 2 is 2.00 bits per heavy atom. The van der Waals surface area contributed by atoms with Crippen molar-refractivity contribution in [3.63, 3.8) is 0 Å². The molecule has 134 valence electrons. The molecule has 4 N–H and O–H groups in total. The van der Waals surface area contributed by atoms with Gasteiger partial charge < -0.3 is 16.0 Å². The zero-order chi connectivity index (χ0) is 18.4. The van der Waals surface area contributed by atoms with E-state index in [1.165, 1.54) is 11.3 Å². The third kappa shape index (κ3) is 5.30. The fourth-order valence-electron chi connectivity index (χ4n) is 2.01. The number of halogens is 2. The smallest absolute Gasteiger partial charge is 0.321 e. The molecule has 1 heterocycles. The summed E-state index contributed by atoms with van der Waals surface area (Å²) in [4.78, 5) is 28.0. The Labute approximate surface area is 159 Å². The first-order valence-corrected chi connectivity index (χ1v) is 8.91. The predicted octanol–water partition coefficient (Wildman–Crippen LogP) is 2.78. The lowest BCUT2D eigenvalue weighted by Gasteiger charge is -2.11. The molecule has 25 heavy (non-hydrogen) atoms. The van der Waals surface area contributed by atoms with Gasteiger partial charge in [-0.1, -0.05) is 29.3 Å². The minimum atomic E-state index is -0.573. The highest BCUT2D eigenvalue weighted by Crippen LogP contribution is 2.23. The van der Waals surface area contributed by atoms with Crippen molar-refractivity contribution in [3.8, 4) is 0 Å². The Hall–Kier alpha value is -1.87. The first-order valence-electron chi connectivity index (χ1n) is 7.27. The lowest BCUT2D eigenvalue weighted by Crippen LogP contribution is -2.34. The van der Waals surface area contributed by atoms with Crippen LogP contribution < -0.4 is 21.3 Å². The lowest BCUT2D eigenvalue weighted by molar-refractivity contribution is -0.122. The molecule has 3 amide bonds. The maximum absolute atomic E-state index is 12.0. The van der Waals surface area contributed by atoms with E-state index >= 15 is 0 Å². The van der Waals surface area contributed by atoms with Gasteiger partial charge in [-0.05, 0) is 24.7 Å². The predicted molar refractivity (Wildman–Crippen MR) is 100 cm³/mol. The molecule has 0 fully saturated rings. The van der Waals surface area contributed by atoms with E-state index < -0.39 is 12.1 Å². The maximum Gasteiger partial charge on any atom is 0.321 e. The highest BCUT2D eigenvalue weighted by molar-refractivity contribution is 7.13. The van der Waals surface area contributed by atoms with Gasteiger partial charge in [-0.25, -0.2) is 9.78 Å². The molecule has 0 bridgehead atoms. The average Bonchev–Trinajstić information content (AvgIpc) is 3.04. The number of nitrogens with zero attached hydrogens (tertiary/aromatic N) is 1. The van der Waals surface area contributed by atoms with Crippen LogP contribution in [-0.4, -0.2) is 31.0 Å². The number of benzene rings is 1. The molecule has 1 atom stereocenters. The summed E-state index contributed by atoms with van der Waals surface area (Å²) in [7, 11) is 3.21. The van der Waals surface area contributed by atoms with E-state index in [2.05, 4.69) is 26.3 Å². The van der Waals surface area contributed by atoms with Gasteiger partial charge in [0.25, 0.3) is 0 Å². The third-order valence-corrected chi connectivity index (χ3v) is 4.79. The van der Waals surface area contributed by atoms with Crippen molar-refractivity contribution in [3.05, 3.63) is 44.9 Å². The first-order chi connectivity index (χ1) is 11.9. The molecule has 10 heteroatoms. The molecular formula is C15H17Cl2N5O2S. The minimum absolute atomic E-state index is 0.205. The number of hydrogen-bond donors (Lipinski definition) is 4. The van der Waals surface area contributed by atoms with Gasteiger partial charge in [-0.3, -0.25) is 10.1 Å². The minimum Gasteiger partial charge on any atom is -0.357 e. The number of anilines is 1. The molecule has 1 unspecified atom stereocenters. The van der Waals surface area contributed by atoms with Crippen molar-refractivity contribution in [1.29, 1.82) is 0 Å². The van der Waals surface area contributed by atoms with Crippen LogP contribution in [-0.2, 0) is 11.3 Å². The summed E-state index contributed by atoms with van der Waals surface area (Å²) in [6, 6.07) is 4.15. The second kappa shape index (κ2) is 9.00. The number of carbonyl (C=O) groups is 2. The van der Waals surface area contributed by atoms with Gasteiger partial charge >= 0.3 is 6.03 Å². The quantitative estimate of drug-likeness (QED) is 0.598. The van der Waals surface area contributed by atoms with Crippen molar-refractivity contribution < 1.29 is 9.59 Å². The van der Waals surface area contributed by atoms with Gasteiger partial charge in [0.05, 0.1) is 15.7 Å². The highest BCUT2D eigenvalue weighted by Gasteiger charge is 2.20. The molecule has 0 aliphatic heterocycles. The normalized spacial score (nSPS) is 11.7. The molecule has 0 spiro atoms. The number of nitrogens with one attached hydrogen (secondary N) is 4. The van der Waals surface area contributed by atoms with Crippen molar-refractivity contribution in [2.45, 2.75) is 12.6 Å². The fourth-order valence-corrected chi connectivity index (χ4v) is 3.06. The molecule has 0 saturated carbocycles. The fraction of sp³-hybridized carbons (Fsp3) is 0.267. The number of amides is 3. The molecule has 0 radical (unpaired) electrons. The number of carbonyl (C=O) groups excluding carboxylic acids is 2. The lowest BCUT2D eigenvalue weighted by atomic mass is 10.2. The summed E-state index contributed by atoms with van der Waals surface area (Å²) in [5, 5.41) is 13.8. The summed E-state index contributed by atoms with van der Waals surface area (Å²) in [5.74, 6) is -0.205. The summed E-state index contributed by atoms with van der Waals surface area (Å²) < 4.78 is 0. The van der Waals surface area contributed by atoms with Crippen molar-refractivity contribution in [1.82, 2.24) is 20.9 Å². The van der Waals surface area contributed by atoms with Crippen LogP contribution >= 0.6 is 34.5 Å². The zero-order valence-corrected chi connectivity index (χ0v) is 15.9. The van der Waals surface area contributed by atoms with Crippen LogP contribution in [0.25, 0.3) is 0 Å². The van der Waals surface area contributed by atoms with E-state index in [-0.39, 0.29) is 5.91 Å². The van der Waals surface area contributed by atoms with Gasteiger partial charge in [0.2, 0.25) is 5.91 Å². The van der Waals surface area contributed by atoms with Gasteiger partial charge in [-0.2, -0.15) is 0 Å². The summed E-state index contributed by atoms with van der Waals surface area (Å²) >= 11 is 13.0. The van der Waals surface area contributed by atoms with E-state index in [1.807, 2.05) is 0 Å². The van der Waals surface area contributed by atoms with Crippen molar-refractivity contribution in [2.24, 2.45) is 0 Å². The van der Waals surface area contributed by atoms with E-state index in [0.29, 0.717) is 27.4 Å². The van der Waals surface area contributed by atoms with Crippen LogP contribution in [0.4, 0.5) is 9.93 Å². The largest absolute Gasteiger partial charge is 0.357 e. The topological polar surface area (TPSA) is 95.2 Å². The monoisotopic (exact) mass is 401 g/mol. The van der Waals surface area contributed by atoms with Crippen LogP contribution in [0.2, 0.25) is 10.0 Å². The molecule has 0 saturated heterocycles. The Balaban J connectivity index is 1.92. The number of thiazole rings is 1. The van der Waals surface area contributed by atoms with E-state index in [0.717, 1.165) is 5.56 Å². The highest BCUT2D eigenvalue weighted by atomic mass is 35.5. The molecule has 0 aliphatic rings. The van der Waals surface area contributed by atoms with Crippen molar-refractivity contribution >= 4 is 51.6 Å². The summed E-state index contributed by atoms with van der Waals surface area (Å²) in [6.07, 6.45) is 0. The van der Waals surface area contributed by atoms with E-state index in [1.54, 1.807) is 37.7 Å². The van der Waals surface area contributed by atoms with Gasteiger partial charge in [-0.15, -0.1) is 11.3 Å². The molecule has 0 aliphatic carbocycles. The molecule has 2 aromatic rings. The van der Waals surface area contributed by atoms with Crippen molar-refractivity contribution in [2.75, 3.05) is 19.4 Å². The Morgan fingerprint density at radius 1 is 1.24 bits per heavy atom. The Morgan fingerprint density at radius 3 is 2.64 bits per heavy atom. The van der Waals surface area contributed by atoms with Gasteiger partial charge in [0.15, 0.2) is 5.13 Å². The van der Waals surface area contributed by atoms with Crippen LogP contribution in [0.3, 0.4) is 0 Å². The van der Waals surface area contributed by atoms with Gasteiger partial charge in [0.1, 0.15) is 6.04 Å². The van der Waals surface area contributed by atoms with Crippen LogP contribution in [0.1, 0.15) is 17.3 Å². The molecule has 7 nitrogen and oxygen atoms in total. The third-order valence-electron chi connectivity index (χ3n) is 3.27. The number of likely N-dealkylation sites (N-methyl/N-ethyl adjacent to an activating group) is 2. The van der Waals surface area contributed by atoms with E-state index in [9.17, 15) is 9.59 Å². The second-order valence-corrected chi connectivity index (χ2v) is 6.64. The maximum atomic E-state index is 12.0. The summed E-state index contributed by atoms with van der Waals surface area (Å²) in [5.41, 5.74) is 1.35. The molecular weight excluding hydrogens is 385 g/mol. The average molecular weight is 402 g/mol. The standard InChI is InChI=1S/C15H17Cl2N5O2S/c1-18-12(13(23)19-2)11-7-25-15(21-11)22-14(24)20-6-8-3-4-9(16)10(17)5-8/h3-5,7,12,18H,6H2,1-2H3,(H,19,23)(H2,20,21,22,24). The zero-order valence-electron chi connectivity index (χ0n) is 13.5. The first kappa shape index (κ1) is 19.5. The van der Waals surface area contributed by atoms with Crippen LogP contribution in [0.15, 0.2) is 23.6 Å². The second-order valence-electron chi connectivity index (χ2n) is 4.97.